The van der Waals surface area contributed by atoms with Crippen molar-refractivity contribution in [3.63, 3.8) is 0 Å². The van der Waals surface area contributed by atoms with Crippen LogP contribution in [0.15, 0.2) is 75.8 Å². The van der Waals surface area contributed by atoms with Gasteiger partial charge in [0.15, 0.2) is 5.76 Å². The van der Waals surface area contributed by atoms with Gasteiger partial charge < -0.3 is 9.15 Å². The highest BCUT2D eigenvalue weighted by atomic mass is 19.1. The summed E-state index contributed by atoms with van der Waals surface area (Å²) < 4.78 is 24.4. The molecule has 1 aliphatic rings. The number of hydrogen-bond donors (Lipinski definition) is 0. The van der Waals surface area contributed by atoms with Crippen LogP contribution >= 0.6 is 0 Å². The molecule has 8 heteroatoms. The molecule has 2 heterocycles. The highest BCUT2D eigenvalue weighted by Crippen LogP contribution is 2.27. The number of benzene rings is 2. The first kappa shape index (κ1) is 17.3. The zero-order valence-corrected chi connectivity index (χ0v) is 14.2. The topological polar surface area (TPSA) is 94.9 Å². The van der Waals surface area contributed by atoms with Crippen LogP contribution in [0.4, 0.5) is 10.1 Å². The monoisotopic (exact) mass is 378 g/mol. The summed E-state index contributed by atoms with van der Waals surface area (Å²) in [5, 5.41) is 10.7. The normalized spacial score (nSPS) is 14.8. The molecule has 3 aromatic rings. The molecule has 0 atom stereocenters. The number of aliphatic imine (C=N–C) groups is 1. The molecule has 1 aliphatic heterocycles. The standard InChI is InChI=1S/C20H11FN2O5/c21-14-3-1-2-13(10-14)20-22-19(24)18(28-20)11-16-8-9-17(27-16)12-4-6-15(7-5-12)23(25)26/h1-11H/b18-11-. The minimum atomic E-state index is -0.604. The lowest BCUT2D eigenvalue weighted by Crippen LogP contribution is -2.00. The molecule has 0 bridgehead atoms. The van der Waals surface area contributed by atoms with Crippen molar-refractivity contribution in [3.8, 4) is 11.3 Å². The molecule has 1 aromatic heterocycles. The van der Waals surface area contributed by atoms with Crippen molar-refractivity contribution in [1.82, 2.24) is 0 Å². The van der Waals surface area contributed by atoms with Crippen molar-refractivity contribution < 1.29 is 23.3 Å². The van der Waals surface area contributed by atoms with Gasteiger partial charge >= 0.3 is 5.91 Å². The van der Waals surface area contributed by atoms with Crippen molar-refractivity contribution in [2.45, 2.75) is 0 Å². The molecule has 138 valence electrons. The number of nitrogens with zero attached hydrogens (tertiary/aromatic N) is 2. The molecule has 4 rings (SSSR count). The Morgan fingerprint density at radius 2 is 1.82 bits per heavy atom. The summed E-state index contributed by atoms with van der Waals surface area (Å²) in [4.78, 5) is 26.1. The van der Waals surface area contributed by atoms with Crippen molar-refractivity contribution in [1.29, 1.82) is 0 Å². The summed E-state index contributed by atoms with van der Waals surface area (Å²) in [7, 11) is 0. The molecule has 0 N–H and O–H groups in total. The lowest BCUT2D eigenvalue weighted by Gasteiger charge is -2.01. The maximum absolute atomic E-state index is 13.3. The quantitative estimate of drug-likeness (QED) is 0.382. The van der Waals surface area contributed by atoms with Gasteiger partial charge in [0.1, 0.15) is 17.3 Å². The maximum Gasteiger partial charge on any atom is 0.316 e. The van der Waals surface area contributed by atoms with Crippen LogP contribution < -0.4 is 0 Å². The molecule has 0 saturated heterocycles. The second-order valence-electron chi connectivity index (χ2n) is 5.85. The molecule has 0 aliphatic carbocycles. The van der Waals surface area contributed by atoms with E-state index in [1.54, 1.807) is 30.3 Å². The Hall–Kier alpha value is -4.07. The number of hydrogen-bond acceptors (Lipinski definition) is 5. The molecule has 0 saturated carbocycles. The van der Waals surface area contributed by atoms with Crippen LogP contribution in [-0.4, -0.2) is 16.7 Å². The van der Waals surface area contributed by atoms with E-state index in [1.807, 2.05) is 0 Å². The first-order valence-electron chi connectivity index (χ1n) is 8.13. The van der Waals surface area contributed by atoms with Gasteiger partial charge in [0.25, 0.3) is 5.69 Å². The molecular formula is C20H11FN2O5. The van der Waals surface area contributed by atoms with Crippen molar-refractivity contribution >= 4 is 23.6 Å². The molecule has 2 aromatic carbocycles. The Labute approximate surface area is 157 Å². The van der Waals surface area contributed by atoms with Gasteiger partial charge in [0.05, 0.1) is 4.92 Å². The van der Waals surface area contributed by atoms with Gasteiger partial charge in [0, 0.05) is 29.3 Å². The van der Waals surface area contributed by atoms with E-state index in [-0.39, 0.29) is 17.3 Å². The van der Waals surface area contributed by atoms with Crippen LogP contribution in [-0.2, 0) is 9.53 Å². The second-order valence-corrected chi connectivity index (χ2v) is 5.85. The summed E-state index contributed by atoms with van der Waals surface area (Å²) in [6, 6.07) is 14.7. The third kappa shape index (κ3) is 3.43. The lowest BCUT2D eigenvalue weighted by atomic mass is 10.1. The third-order valence-corrected chi connectivity index (χ3v) is 3.95. The number of nitro benzene ring substituents is 1. The van der Waals surface area contributed by atoms with Crippen molar-refractivity contribution in [2.75, 3.05) is 0 Å². The summed E-state index contributed by atoms with van der Waals surface area (Å²) in [5.74, 6) is -0.298. The smallest absolute Gasteiger partial charge is 0.316 e. The third-order valence-electron chi connectivity index (χ3n) is 3.95. The number of carbonyl (C=O) groups is 1. The molecule has 28 heavy (non-hydrogen) atoms. The molecular weight excluding hydrogens is 367 g/mol. The summed E-state index contributed by atoms with van der Waals surface area (Å²) in [6.07, 6.45) is 1.38. The Balaban J connectivity index is 1.54. The Kier molecular flexibility index (Phi) is 4.29. The minimum Gasteiger partial charge on any atom is -0.457 e. The van der Waals surface area contributed by atoms with Crippen LogP contribution in [0.2, 0.25) is 0 Å². The van der Waals surface area contributed by atoms with Crippen molar-refractivity contribution in [3.05, 3.63) is 93.7 Å². The van der Waals surface area contributed by atoms with Crippen LogP contribution in [0, 0.1) is 15.9 Å². The lowest BCUT2D eigenvalue weighted by molar-refractivity contribution is -0.384. The van der Waals surface area contributed by atoms with E-state index in [1.165, 1.54) is 36.4 Å². The summed E-state index contributed by atoms with van der Waals surface area (Å²) >= 11 is 0. The molecule has 7 nitrogen and oxygen atoms in total. The highest BCUT2D eigenvalue weighted by Gasteiger charge is 2.24. The Bertz CT molecular complexity index is 1150. The van der Waals surface area contributed by atoms with E-state index in [0.29, 0.717) is 22.6 Å². The van der Waals surface area contributed by atoms with E-state index in [2.05, 4.69) is 4.99 Å². The van der Waals surface area contributed by atoms with E-state index in [9.17, 15) is 19.3 Å². The number of rotatable bonds is 4. The van der Waals surface area contributed by atoms with Gasteiger partial charge in [0.2, 0.25) is 5.90 Å². The zero-order chi connectivity index (χ0) is 19.7. The molecule has 0 unspecified atom stereocenters. The number of ether oxygens (including phenoxy) is 1. The van der Waals surface area contributed by atoms with Gasteiger partial charge in [-0.15, -0.1) is 0 Å². The fourth-order valence-electron chi connectivity index (χ4n) is 2.62. The summed E-state index contributed by atoms with van der Waals surface area (Å²) in [5.41, 5.74) is 0.970. The van der Waals surface area contributed by atoms with Crippen LogP contribution in [0.5, 0.6) is 0 Å². The Morgan fingerprint density at radius 1 is 1.04 bits per heavy atom. The molecule has 0 spiro atoms. The number of nitro groups is 1. The first-order valence-corrected chi connectivity index (χ1v) is 8.13. The van der Waals surface area contributed by atoms with E-state index in [0.717, 1.165) is 0 Å². The van der Waals surface area contributed by atoms with Crippen LogP contribution in [0.3, 0.4) is 0 Å². The largest absolute Gasteiger partial charge is 0.457 e. The number of amides is 1. The summed E-state index contributed by atoms with van der Waals surface area (Å²) in [6.45, 7) is 0. The van der Waals surface area contributed by atoms with Gasteiger partial charge in [-0.05, 0) is 42.5 Å². The number of carbonyl (C=O) groups excluding carboxylic acids is 1. The van der Waals surface area contributed by atoms with E-state index in [4.69, 9.17) is 9.15 Å². The van der Waals surface area contributed by atoms with E-state index >= 15 is 0 Å². The average molecular weight is 378 g/mol. The predicted octanol–water partition coefficient (Wildman–Crippen LogP) is 4.34. The first-order chi connectivity index (χ1) is 13.5. The number of furan rings is 1. The van der Waals surface area contributed by atoms with Gasteiger partial charge in [-0.3, -0.25) is 14.9 Å². The SMILES string of the molecule is O=C1N=C(c2cccc(F)c2)O/C1=C\c1ccc(-c2ccc([N+](=O)[O-])cc2)o1. The number of non-ortho nitro benzene ring substituents is 1. The Morgan fingerprint density at radius 3 is 2.54 bits per heavy atom. The van der Waals surface area contributed by atoms with E-state index < -0.39 is 16.6 Å². The highest BCUT2D eigenvalue weighted by molar-refractivity contribution is 6.14. The van der Waals surface area contributed by atoms with Crippen LogP contribution in [0.25, 0.3) is 17.4 Å². The molecule has 1 amide bonds. The fraction of sp³-hybridized carbons (Fsp3) is 0. The van der Waals surface area contributed by atoms with Gasteiger partial charge in [-0.1, -0.05) is 6.07 Å². The fourth-order valence-corrected chi connectivity index (χ4v) is 2.62. The minimum absolute atomic E-state index is 0.0119. The second kappa shape index (κ2) is 6.92. The molecule has 0 fully saturated rings. The maximum atomic E-state index is 13.3. The van der Waals surface area contributed by atoms with Crippen molar-refractivity contribution in [2.24, 2.45) is 4.99 Å². The number of halogens is 1. The van der Waals surface area contributed by atoms with Crippen LogP contribution in [0.1, 0.15) is 11.3 Å². The van der Waals surface area contributed by atoms with Gasteiger partial charge in [-0.2, -0.15) is 4.99 Å². The predicted molar refractivity (Wildman–Crippen MR) is 97.8 cm³/mol. The molecule has 0 radical (unpaired) electrons. The van der Waals surface area contributed by atoms with Gasteiger partial charge in [-0.25, -0.2) is 4.39 Å². The average Bonchev–Trinajstić information content (AvgIpc) is 3.29. The zero-order valence-electron chi connectivity index (χ0n) is 14.2.